The molecule has 19 heavy (non-hydrogen) atoms. The maximum absolute atomic E-state index is 5.81. The van der Waals surface area contributed by atoms with Crippen molar-refractivity contribution in [3.8, 4) is 0 Å². The molecule has 2 aliphatic heterocycles. The van der Waals surface area contributed by atoms with Crippen LogP contribution in [0, 0.1) is 5.41 Å². The fourth-order valence-corrected chi connectivity index (χ4v) is 3.52. The standard InChI is InChI=1S/C15H30N2O2/c1-4-14-9-19-13(2)8-17(14)11-15(10-16-3)6-5-7-18-12-15/h13-14,16H,4-12H2,1-3H3. The number of rotatable bonds is 5. The summed E-state index contributed by atoms with van der Waals surface area (Å²) >= 11 is 0. The number of morpholine rings is 1. The van der Waals surface area contributed by atoms with E-state index in [1.165, 1.54) is 19.3 Å². The van der Waals surface area contributed by atoms with Crippen LogP contribution in [0.5, 0.6) is 0 Å². The average molecular weight is 270 g/mol. The Morgan fingerprint density at radius 1 is 1.42 bits per heavy atom. The third kappa shape index (κ3) is 3.91. The lowest BCUT2D eigenvalue weighted by molar-refractivity contribution is -0.0898. The highest BCUT2D eigenvalue weighted by Gasteiger charge is 2.37. The van der Waals surface area contributed by atoms with Gasteiger partial charge >= 0.3 is 0 Å². The van der Waals surface area contributed by atoms with Crippen LogP contribution in [0.2, 0.25) is 0 Å². The van der Waals surface area contributed by atoms with E-state index in [1.54, 1.807) is 0 Å². The molecular weight excluding hydrogens is 240 g/mol. The third-order valence-corrected chi connectivity index (χ3v) is 4.55. The van der Waals surface area contributed by atoms with Crippen LogP contribution in [0.25, 0.3) is 0 Å². The zero-order chi connectivity index (χ0) is 13.7. The van der Waals surface area contributed by atoms with Gasteiger partial charge in [0.05, 0.1) is 19.3 Å². The molecule has 0 saturated carbocycles. The Morgan fingerprint density at radius 2 is 2.26 bits per heavy atom. The molecule has 0 spiro atoms. The summed E-state index contributed by atoms with van der Waals surface area (Å²) < 4.78 is 11.6. The lowest BCUT2D eigenvalue weighted by Crippen LogP contribution is -2.56. The Morgan fingerprint density at radius 3 is 2.89 bits per heavy atom. The SMILES string of the molecule is CCC1COC(C)CN1CC1(CNC)CCCOC1. The van der Waals surface area contributed by atoms with Gasteiger partial charge in [0.25, 0.3) is 0 Å². The number of ether oxygens (including phenoxy) is 2. The predicted octanol–water partition coefficient (Wildman–Crippen LogP) is 1.50. The Labute approximate surface area is 117 Å². The summed E-state index contributed by atoms with van der Waals surface area (Å²) in [6.45, 7) is 10.4. The fraction of sp³-hybridized carbons (Fsp3) is 1.00. The van der Waals surface area contributed by atoms with Gasteiger partial charge in [-0.2, -0.15) is 0 Å². The second kappa shape index (κ2) is 7.02. The second-order valence-electron chi connectivity index (χ2n) is 6.32. The van der Waals surface area contributed by atoms with Gasteiger partial charge in [-0.1, -0.05) is 6.92 Å². The van der Waals surface area contributed by atoms with Crippen molar-refractivity contribution in [1.82, 2.24) is 10.2 Å². The van der Waals surface area contributed by atoms with Crippen LogP contribution < -0.4 is 5.32 Å². The molecule has 2 aliphatic rings. The summed E-state index contributed by atoms with van der Waals surface area (Å²) in [5.41, 5.74) is 0.289. The van der Waals surface area contributed by atoms with E-state index in [2.05, 4.69) is 31.1 Å². The minimum atomic E-state index is 0.289. The average Bonchev–Trinajstić information content (AvgIpc) is 2.40. The van der Waals surface area contributed by atoms with Gasteiger partial charge in [-0.15, -0.1) is 0 Å². The summed E-state index contributed by atoms with van der Waals surface area (Å²) in [4.78, 5) is 2.64. The second-order valence-corrected chi connectivity index (χ2v) is 6.32. The van der Waals surface area contributed by atoms with Crippen LogP contribution in [0.4, 0.5) is 0 Å². The van der Waals surface area contributed by atoms with Crippen molar-refractivity contribution in [3.63, 3.8) is 0 Å². The van der Waals surface area contributed by atoms with Crippen molar-refractivity contribution in [2.45, 2.75) is 45.3 Å². The molecule has 4 heteroatoms. The first-order chi connectivity index (χ1) is 9.19. The number of hydrogen-bond donors (Lipinski definition) is 1. The molecule has 0 aliphatic carbocycles. The van der Waals surface area contributed by atoms with Crippen LogP contribution in [-0.2, 0) is 9.47 Å². The van der Waals surface area contributed by atoms with Crippen molar-refractivity contribution >= 4 is 0 Å². The maximum atomic E-state index is 5.81. The van der Waals surface area contributed by atoms with E-state index >= 15 is 0 Å². The van der Waals surface area contributed by atoms with Crippen molar-refractivity contribution < 1.29 is 9.47 Å². The molecule has 2 saturated heterocycles. The minimum Gasteiger partial charge on any atom is -0.381 e. The Kier molecular flexibility index (Phi) is 5.63. The molecule has 0 radical (unpaired) electrons. The van der Waals surface area contributed by atoms with Gasteiger partial charge < -0.3 is 14.8 Å². The van der Waals surface area contributed by atoms with E-state index < -0.39 is 0 Å². The van der Waals surface area contributed by atoms with Gasteiger partial charge in [-0.05, 0) is 33.2 Å². The van der Waals surface area contributed by atoms with Crippen molar-refractivity contribution in [2.75, 3.05) is 46.5 Å². The van der Waals surface area contributed by atoms with Crippen LogP contribution >= 0.6 is 0 Å². The smallest absolute Gasteiger partial charge is 0.0674 e. The summed E-state index contributed by atoms with van der Waals surface area (Å²) in [5.74, 6) is 0. The quantitative estimate of drug-likeness (QED) is 0.821. The first-order valence-corrected chi connectivity index (χ1v) is 7.77. The molecule has 0 amide bonds. The molecule has 0 bridgehead atoms. The van der Waals surface area contributed by atoms with Crippen molar-refractivity contribution in [2.24, 2.45) is 5.41 Å². The molecular formula is C15H30N2O2. The molecule has 0 aromatic heterocycles. The zero-order valence-corrected chi connectivity index (χ0v) is 12.8. The molecule has 1 N–H and O–H groups in total. The highest BCUT2D eigenvalue weighted by molar-refractivity contribution is 4.90. The molecule has 4 nitrogen and oxygen atoms in total. The summed E-state index contributed by atoms with van der Waals surface area (Å²) in [6.07, 6.45) is 4.00. The lowest BCUT2D eigenvalue weighted by Gasteiger charge is -2.46. The first kappa shape index (κ1) is 15.2. The van der Waals surface area contributed by atoms with Gasteiger partial charge in [0.1, 0.15) is 0 Å². The van der Waals surface area contributed by atoms with E-state index in [1.807, 2.05) is 0 Å². The molecule has 3 unspecified atom stereocenters. The summed E-state index contributed by atoms with van der Waals surface area (Å²) in [7, 11) is 2.05. The molecule has 3 atom stereocenters. The summed E-state index contributed by atoms with van der Waals surface area (Å²) in [5, 5.41) is 3.37. The van der Waals surface area contributed by atoms with Crippen molar-refractivity contribution in [1.29, 1.82) is 0 Å². The molecule has 2 heterocycles. The van der Waals surface area contributed by atoms with Gasteiger partial charge in [0.15, 0.2) is 0 Å². The van der Waals surface area contributed by atoms with E-state index in [0.717, 1.165) is 39.5 Å². The summed E-state index contributed by atoms with van der Waals surface area (Å²) in [6, 6.07) is 0.576. The Bertz CT molecular complexity index is 261. The fourth-order valence-electron chi connectivity index (χ4n) is 3.52. The van der Waals surface area contributed by atoms with Gasteiger partial charge in [-0.25, -0.2) is 0 Å². The van der Waals surface area contributed by atoms with Crippen molar-refractivity contribution in [3.05, 3.63) is 0 Å². The van der Waals surface area contributed by atoms with E-state index in [0.29, 0.717) is 12.1 Å². The largest absolute Gasteiger partial charge is 0.381 e. The minimum absolute atomic E-state index is 0.289. The highest BCUT2D eigenvalue weighted by Crippen LogP contribution is 2.31. The monoisotopic (exact) mass is 270 g/mol. The zero-order valence-electron chi connectivity index (χ0n) is 12.8. The topological polar surface area (TPSA) is 33.7 Å². The predicted molar refractivity (Wildman–Crippen MR) is 77.5 cm³/mol. The van der Waals surface area contributed by atoms with Crippen LogP contribution in [0.1, 0.15) is 33.1 Å². The number of nitrogens with zero attached hydrogens (tertiary/aromatic N) is 1. The van der Waals surface area contributed by atoms with Gasteiger partial charge in [0, 0.05) is 37.7 Å². The highest BCUT2D eigenvalue weighted by atomic mass is 16.5. The number of hydrogen-bond acceptors (Lipinski definition) is 4. The molecule has 0 aromatic carbocycles. The lowest BCUT2D eigenvalue weighted by atomic mass is 9.81. The number of nitrogens with one attached hydrogen (secondary N) is 1. The molecule has 0 aromatic rings. The normalized spacial score (nSPS) is 37.4. The molecule has 2 rings (SSSR count). The van der Waals surface area contributed by atoms with Gasteiger partial charge in [-0.3, -0.25) is 4.90 Å². The Hall–Kier alpha value is -0.160. The van der Waals surface area contributed by atoms with Crippen LogP contribution in [0.3, 0.4) is 0 Å². The molecule has 2 fully saturated rings. The first-order valence-electron chi connectivity index (χ1n) is 7.77. The van der Waals surface area contributed by atoms with E-state index in [-0.39, 0.29) is 5.41 Å². The van der Waals surface area contributed by atoms with E-state index in [9.17, 15) is 0 Å². The molecule has 112 valence electrons. The van der Waals surface area contributed by atoms with E-state index in [4.69, 9.17) is 9.47 Å². The third-order valence-electron chi connectivity index (χ3n) is 4.55. The van der Waals surface area contributed by atoms with Crippen LogP contribution in [-0.4, -0.2) is 63.5 Å². The maximum Gasteiger partial charge on any atom is 0.0674 e. The Balaban J connectivity index is 2.01. The van der Waals surface area contributed by atoms with Gasteiger partial charge in [0.2, 0.25) is 0 Å². The van der Waals surface area contributed by atoms with Crippen LogP contribution in [0.15, 0.2) is 0 Å².